The van der Waals surface area contributed by atoms with Gasteiger partial charge in [0.05, 0.1) is 5.56 Å². The zero-order valence-corrected chi connectivity index (χ0v) is 15.5. The van der Waals surface area contributed by atoms with E-state index in [1.165, 1.54) is 24.3 Å². The van der Waals surface area contributed by atoms with Gasteiger partial charge < -0.3 is 13.9 Å². The third-order valence-corrected chi connectivity index (χ3v) is 4.38. The van der Waals surface area contributed by atoms with Crippen molar-refractivity contribution in [3.05, 3.63) is 74.6 Å². The molecule has 1 heterocycles. The molecule has 0 fully saturated rings. The van der Waals surface area contributed by atoms with E-state index in [0.29, 0.717) is 28.0 Å². The van der Waals surface area contributed by atoms with Crippen LogP contribution < -0.4 is 10.4 Å². The van der Waals surface area contributed by atoms with Crippen molar-refractivity contribution in [1.82, 2.24) is 0 Å². The fourth-order valence-corrected chi connectivity index (χ4v) is 3.00. The molecule has 1 aromatic heterocycles. The molecule has 0 atom stereocenters. The Morgan fingerprint density at radius 2 is 1.96 bits per heavy atom. The zero-order chi connectivity index (χ0) is 20.3. The molecular formula is C20H15ClF2O5. The second-order valence-electron chi connectivity index (χ2n) is 5.87. The Hall–Kier alpha value is -2.93. The van der Waals surface area contributed by atoms with Crippen molar-refractivity contribution >= 4 is 28.5 Å². The predicted octanol–water partition coefficient (Wildman–Crippen LogP) is 4.97. The first-order valence-corrected chi connectivity index (χ1v) is 8.72. The lowest BCUT2D eigenvalue weighted by atomic mass is 10.1. The Morgan fingerprint density at radius 3 is 2.68 bits per heavy atom. The van der Waals surface area contributed by atoms with Gasteiger partial charge in [-0.25, -0.2) is 9.59 Å². The number of fused-ring (bicyclic) bond motifs is 1. The summed E-state index contributed by atoms with van der Waals surface area (Å²) in [6.45, 7) is -1.30. The van der Waals surface area contributed by atoms with Gasteiger partial charge in [-0.3, -0.25) is 0 Å². The van der Waals surface area contributed by atoms with E-state index in [2.05, 4.69) is 4.74 Å². The van der Waals surface area contributed by atoms with Gasteiger partial charge in [0.25, 0.3) is 0 Å². The SMILES string of the molecule is CCc1cc2oc(=O)cc(COC(=O)c3cccc(OC(F)F)c3)c2cc1Cl. The number of carbonyl (C=O) groups excluding carboxylic acids is 1. The van der Waals surface area contributed by atoms with Crippen LogP contribution in [0.1, 0.15) is 28.4 Å². The number of benzene rings is 2. The van der Waals surface area contributed by atoms with Crippen molar-refractivity contribution in [3.63, 3.8) is 0 Å². The second-order valence-corrected chi connectivity index (χ2v) is 6.27. The van der Waals surface area contributed by atoms with Gasteiger partial charge >= 0.3 is 18.2 Å². The number of carbonyl (C=O) groups is 1. The Labute approximate surface area is 163 Å². The fourth-order valence-electron chi connectivity index (χ4n) is 2.70. The molecule has 0 aliphatic heterocycles. The smallest absolute Gasteiger partial charge is 0.387 e. The van der Waals surface area contributed by atoms with Gasteiger partial charge in [-0.05, 0) is 42.3 Å². The Bertz CT molecular complexity index is 1080. The van der Waals surface area contributed by atoms with E-state index in [-0.39, 0.29) is 17.9 Å². The van der Waals surface area contributed by atoms with Crippen molar-refractivity contribution < 1.29 is 27.5 Å². The highest BCUT2D eigenvalue weighted by Gasteiger charge is 2.14. The highest BCUT2D eigenvalue weighted by molar-refractivity contribution is 6.32. The van der Waals surface area contributed by atoms with Gasteiger partial charge in [0.2, 0.25) is 0 Å². The van der Waals surface area contributed by atoms with Crippen LogP contribution in [0.3, 0.4) is 0 Å². The van der Waals surface area contributed by atoms with E-state index in [1.54, 1.807) is 12.1 Å². The van der Waals surface area contributed by atoms with E-state index in [4.69, 9.17) is 20.8 Å². The minimum atomic E-state index is -3.00. The maximum absolute atomic E-state index is 12.3. The summed E-state index contributed by atoms with van der Waals surface area (Å²) < 4.78 is 39.3. The van der Waals surface area contributed by atoms with Crippen molar-refractivity contribution in [2.24, 2.45) is 0 Å². The van der Waals surface area contributed by atoms with Crippen LogP contribution in [0.2, 0.25) is 5.02 Å². The van der Waals surface area contributed by atoms with Crippen LogP contribution in [0, 0.1) is 0 Å². The number of esters is 1. The molecule has 0 saturated carbocycles. The number of rotatable bonds is 6. The lowest BCUT2D eigenvalue weighted by Crippen LogP contribution is -2.09. The van der Waals surface area contributed by atoms with E-state index in [1.807, 2.05) is 6.92 Å². The molecule has 8 heteroatoms. The molecule has 0 spiro atoms. The molecule has 3 rings (SSSR count). The van der Waals surface area contributed by atoms with Crippen LogP contribution in [-0.2, 0) is 17.8 Å². The summed E-state index contributed by atoms with van der Waals surface area (Å²) in [6.07, 6.45) is 0.661. The van der Waals surface area contributed by atoms with Gasteiger partial charge in [-0.2, -0.15) is 8.78 Å². The van der Waals surface area contributed by atoms with Crippen LogP contribution in [0.4, 0.5) is 8.78 Å². The molecule has 28 heavy (non-hydrogen) atoms. The van der Waals surface area contributed by atoms with E-state index < -0.39 is 18.2 Å². The lowest BCUT2D eigenvalue weighted by molar-refractivity contribution is -0.0499. The van der Waals surface area contributed by atoms with E-state index in [9.17, 15) is 18.4 Å². The van der Waals surface area contributed by atoms with Gasteiger partial charge in [0.15, 0.2) is 0 Å². The van der Waals surface area contributed by atoms with Crippen molar-refractivity contribution in [3.8, 4) is 5.75 Å². The first kappa shape index (κ1) is 19.8. The van der Waals surface area contributed by atoms with Crippen molar-refractivity contribution in [2.45, 2.75) is 26.6 Å². The largest absolute Gasteiger partial charge is 0.457 e. The number of alkyl halides is 2. The van der Waals surface area contributed by atoms with Crippen LogP contribution in [0.5, 0.6) is 5.75 Å². The third-order valence-electron chi connectivity index (χ3n) is 4.03. The lowest BCUT2D eigenvalue weighted by Gasteiger charge is -2.10. The van der Waals surface area contributed by atoms with E-state index in [0.717, 1.165) is 11.6 Å². The predicted molar refractivity (Wildman–Crippen MR) is 99.1 cm³/mol. The van der Waals surface area contributed by atoms with Crippen molar-refractivity contribution in [1.29, 1.82) is 0 Å². The maximum Gasteiger partial charge on any atom is 0.387 e. The summed E-state index contributed by atoms with van der Waals surface area (Å²) >= 11 is 6.23. The number of ether oxygens (including phenoxy) is 2. The zero-order valence-electron chi connectivity index (χ0n) is 14.7. The molecule has 0 N–H and O–H groups in total. The molecule has 2 aromatic carbocycles. The molecule has 3 aromatic rings. The average Bonchev–Trinajstić information content (AvgIpc) is 2.65. The highest BCUT2D eigenvalue weighted by atomic mass is 35.5. The maximum atomic E-state index is 12.3. The fraction of sp³-hybridized carbons (Fsp3) is 0.200. The molecule has 0 amide bonds. The first-order valence-electron chi connectivity index (χ1n) is 8.34. The van der Waals surface area contributed by atoms with E-state index >= 15 is 0 Å². The number of hydrogen-bond acceptors (Lipinski definition) is 5. The van der Waals surface area contributed by atoms with Crippen LogP contribution in [0.25, 0.3) is 11.0 Å². The number of halogens is 3. The van der Waals surface area contributed by atoms with Gasteiger partial charge in [-0.1, -0.05) is 24.6 Å². The normalized spacial score (nSPS) is 11.0. The molecule has 0 saturated heterocycles. The third kappa shape index (κ3) is 4.48. The summed E-state index contributed by atoms with van der Waals surface area (Å²) in [4.78, 5) is 24.1. The summed E-state index contributed by atoms with van der Waals surface area (Å²) in [5.74, 6) is -0.911. The standard InChI is InChI=1S/C20H15ClF2O5/c1-2-11-7-17-15(9-16(11)21)13(8-18(24)28-17)10-26-19(25)12-4-3-5-14(6-12)27-20(22)23/h3-9,20H,2,10H2,1H3. The molecule has 0 unspecified atom stereocenters. The summed E-state index contributed by atoms with van der Waals surface area (Å²) in [6, 6.07) is 9.79. The molecule has 5 nitrogen and oxygen atoms in total. The molecular weight excluding hydrogens is 394 g/mol. The highest BCUT2D eigenvalue weighted by Crippen LogP contribution is 2.27. The summed E-state index contributed by atoms with van der Waals surface area (Å²) in [5, 5.41) is 1.05. The second kappa shape index (κ2) is 8.39. The number of hydrogen-bond donors (Lipinski definition) is 0. The number of aryl methyl sites for hydroxylation is 1. The van der Waals surface area contributed by atoms with Crippen LogP contribution >= 0.6 is 11.6 Å². The Balaban J connectivity index is 1.84. The van der Waals surface area contributed by atoms with Gasteiger partial charge in [0.1, 0.15) is 17.9 Å². The summed E-state index contributed by atoms with van der Waals surface area (Å²) in [5.41, 5.74) is 1.03. The molecule has 0 aliphatic carbocycles. The van der Waals surface area contributed by atoms with Crippen molar-refractivity contribution in [2.75, 3.05) is 0 Å². The van der Waals surface area contributed by atoms with Gasteiger partial charge in [0, 0.05) is 22.0 Å². The molecule has 0 bridgehead atoms. The monoisotopic (exact) mass is 408 g/mol. The quantitative estimate of drug-likeness (QED) is 0.425. The van der Waals surface area contributed by atoms with Crippen LogP contribution in [0.15, 0.2) is 51.7 Å². The topological polar surface area (TPSA) is 65.7 Å². The van der Waals surface area contributed by atoms with Crippen LogP contribution in [-0.4, -0.2) is 12.6 Å². The molecule has 0 radical (unpaired) electrons. The molecule has 146 valence electrons. The minimum Gasteiger partial charge on any atom is -0.457 e. The average molecular weight is 409 g/mol. The summed E-state index contributed by atoms with van der Waals surface area (Å²) in [7, 11) is 0. The Kier molecular flexibility index (Phi) is 5.94. The van der Waals surface area contributed by atoms with Gasteiger partial charge in [-0.15, -0.1) is 0 Å². The Morgan fingerprint density at radius 1 is 1.18 bits per heavy atom. The minimum absolute atomic E-state index is 0.0386. The molecule has 0 aliphatic rings. The first-order chi connectivity index (χ1) is 13.4.